The maximum absolute atomic E-state index is 6.15. The zero-order valence-corrected chi connectivity index (χ0v) is 13.5. The lowest BCUT2D eigenvalue weighted by molar-refractivity contribution is -0.0297. The van der Waals surface area contributed by atoms with Crippen molar-refractivity contribution in [2.24, 2.45) is 5.41 Å². The highest BCUT2D eigenvalue weighted by Crippen LogP contribution is 2.30. The predicted octanol–water partition coefficient (Wildman–Crippen LogP) is 2.65. The van der Waals surface area contributed by atoms with Crippen LogP contribution in [0.15, 0.2) is 0 Å². The molecular weight excluding hydrogens is 236 g/mol. The average Bonchev–Trinajstić information content (AvgIpc) is 2.50. The van der Waals surface area contributed by atoms with Crippen LogP contribution in [0.5, 0.6) is 0 Å². The molecule has 112 valence electrons. The van der Waals surface area contributed by atoms with Gasteiger partial charge in [0.2, 0.25) is 0 Å². The lowest BCUT2D eigenvalue weighted by Gasteiger charge is -2.34. The Morgan fingerprint density at radius 2 is 2.05 bits per heavy atom. The molecule has 19 heavy (non-hydrogen) atoms. The molecule has 2 fully saturated rings. The highest BCUT2D eigenvalue weighted by atomic mass is 16.5. The van der Waals surface area contributed by atoms with Crippen molar-refractivity contribution in [3.63, 3.8) is 0 Å². The highest BCUT2D eigenvalue weighted by molar-refractivity contribution is 4.88. The molecule has 0 spiro atoms. The third-order valence-electron chi connectivity index (χ3n) is 4.54. The van der Waals surface area contributed by atoms with Gasteiger partial charge in [-0.15, -0.1) is 0 Å². The number of rotatable bonds is 2. The lowest BCUT2D eigenvalue weighted by Crippen LogP contribution is -2.47. The number of hydrogen-bond acceptors (Lipinski definition) is 3. The molecule has 0 aliphatic carbocycles. The first-order valence-electron chi connectivity index (χ1n) is 7.90. The summed E-state index contributed by atoms with van der Waals surface area (Å²) in [5, 5.41) is 3.71. The largest absolute Gasteiger partial charge is 0.371 e. The molecule has 2 atom stereocenters. The first-order valence-corrected chi connectivity index (χ1v) is 7.90. The summed E-state index contributed by atoms with van der Waals surface area (Å²) in [6, 6.07) is 0.587. The number of ether oxygens (including phenoxy) is 1. The average molecular weight is 268 g/mol. The minimum atomic E-state index is 0.0954. The van der Waals surface area contributed by atoms with Gasteiger partial charge in [0.05, 0.1) is 11.7 Å². The van der Waals surface area contributed by atoms with Crippen LogP contribution in [-0.2, 0) is 4.74 Å². The molecule has 0 saturated carbocycles. The minimum Gasteiger partial charge on any atom is -0.371 e. The van der Waals surface area contributed by atoms with E-state index >= 15 is 0 Å². The molecule has 0 aromatic carbocycles. The van der Waals surface area contributed by atoms with Crippen LogP contribution < -0.4 is 5.32 Å². The Bertz CT molecular complexity index is 296. The van der Waals surface area contributed by atoms with Crippen LogP contribution in [0.4, 0.5) is 0 Å². The molecule has 3 heteroatoms. The molecule has 0 bridgehead atoms. The van der Waals surface area contributed by atoms with Crippen LogP contribution in [0.25, 0.3) is 0 Å². The molecule has 1 N–H and O–H groups in total. The summed E-state index contributed by atoms with van der Waals surface area (Å²) in [5.74, 6) is 0. The van der Waals surface area contributed by atoms with Gasteiger partial charge >= 0.3 is 0 Å². The summed E-state index contributed by atoms with van der Waals surface area (Å²) in [4.78, 5) is 2.61. The number of hydrogen-bond donors (Lipinski definition) is 1. The Morgan fingerprint density at radius 3 is 2.63 bits per heavy atom. The molecule has 0 aromatic heterocycles. The van der Waals surface area contributed by atoms with E-state index in [-0.39, 0.29) is 5.60 Å². The van der Waals surface area contributed by atoms with Gasteiger partial charge in [-0.1, -0.05) is 20.8 Å². The molecule has 2 rings (SSSR count). The van der Waals surface area contributed by atoms with Crippen LogP contribution in [0.1, 0.15) is 53.9 Å². The van der Waals surface area contributed by atoms with Crippen LogP contribution in [0.2, 0.25) is 0 Å². The third kappa shape index (κ3) is 4.44. The Balaban J connectivity index is 1.89. The van der Waals surface area contributed by atoms with E-state index in [4.69, 9.17) is 4.74 Å². The monoisotopic (exact) mass is 268 g/mol. The summed E-state index contributed by atoms with van der Waals surface area (Å²) in [6.45, 7) is 16.1. The van der Waals surface area contributed by atoms with Crippen molar-refractivity contribution < 1.29 is 4.74 Å². The minimum absolute atomic E-state index is 0.0954. The topological polar surface area (TPSA) is 24.5 Å². The third-order valence-corrected chi connectivity index (χ3v) is 4.54. The van der Waals surface area contributed by atoms with Gasteiger partial charge in [-0.2, -0.15) is 0 Å². The molecule has 2 heterocycles. The quantitative estimate of drug-likeness (QED) is 0.833. The van der Waals surface area contributed by atoms with Crippen LogP contribution in [-0.4, -0.2) is 48.8 Å². The first kappa shape index (κ1) is 15.3. The normalized spacial score (nSPS) is 33.3. The maximum Gasteiger partial charge on any atom is 0.0710 e. The predicted molar refractivity (Wildman–Crippen MR) is 80.5 cm³/mol. The molecule has 0 amide bonds. The molecule has 0 radical (unpaired) electrons. The van der Waals surface area contributed by atoms with E-state index in [0.29, 0.717) is 17.6 Å². The van der Waals surface area contributed by atoms with Gasteiger partial charge in [0, 0.05) is 19.1 Å². The van der Waals surface area contributed by atoms with Crippen molar-refractivity contribution in [1.82, 2.24) is 10.2 Å². The highest BCUT2D eigenvalue weighted by Gasteiger charge is 2.34. The molecular formula is C16H32N2O. The smallest absolute Gasteiger partial charge is 0.0710 e. The van der Waals surface area contributed by atoms with Gasteiger partial charge < -0.3 is 10.1 Å². The van der Waals surface area contributed by atoms with E-state index in [0.717, 1.165) is 19.6 Å². The zero-order chi connectivity index (χ0) is 14.1. The lowest BCUT2D eigenvalue weighted by atomic mass is 9.86. The SMILES string of the molecule is CC1(C)CCC(CN2CCCNC(C(C)(C)C)C2)O1. The Hall–Kier alpha value is -0.120. The van der Waals surface area contributed by atoms with Crippen molar-refractivity contribution in [1.29, 1.82) is 0 Å². The molecule has 2 saturated heterocycles. The fourth-order valence-corrected chi connectivity index (χ4v) is 3.23. The summed E-state index contributed by atoms with van der Waals surface area (Å²) >= 11 is 0. The van der Waals surface area contributed by atoms with Crippen molar-refractivity contribution in [2.75, 3.05) is 26.2 Å². The van der Waals surface area contributed by atoms with Crippen molar-refractivity contribution >= 4 is 0 Å². The second kappa shape index (κ2) is 5.71. The van der Waals surface area contributed by atoms with Gasteiger partial charge in [0.25, 0.3) is 0 Å². The van der Waals surface area contributed by atoms with Gasteiger partial charge in [0.1, 0.15) is 0 Å². The molecule has 2 aliphatic heterocycles. The fraction of sp³-hybridized carbons (Fsp3) is 1.00. The van der Waals surface area contributed by atoms with E-state index in [1.165, 1.54) is 25.8 Å². The van der Waals surface area contributed by atoms with E-state index in [1.54, 1.807) is 0 Å². The molecule has 0 aromatic rings. The van der Waals surface area contributed by atoms with E-state index in [1.807, 2.05) is 0 Å². The van der Waals surface area contributed by atoms with Gasteiger partial charge in [0.15, 0.2) is 0 Å². The zero-order valence-electron chi connectivity index (χ0n) is 13.5. The van der Waals surface area contributed by atoms with E-state index in [2.05, 4.69) is 44.8 Å². The molecule has 3 nitrogen and oxygen atoms in total. The van der Waals surface area contributed by atoms with Crippen LogP contribution in [0.3, 0.4) is 0 Å². The van der Waals surface area contributed by atoms with Crippen molar-refractivity contribution in [2.45, 2.75) is 71.6 Å². The van der Waals surface area contributed by atoms with Gasteiger partial charge in [-0.25, -0.2) is 0 Å². The van der Waals surface area contributed by atoms with Gasteiger partial charge in [-0.05, 0) is 51.6 Å². The summed E-state index contributed by atoms with van der Waals surface area (Å²) in [5.41, 5.74) is 0.427. The van der Waals surface area contributed by atoms with E-state index < -0.39 is 0 Å². The fourth-order valence-electron chi connectivity index (χ4n) is 3.23. The summed E-state index contributed by atoms with van der Waals surface area (Å²) in [6.07, 6.45) is 4.11. The first-order chi connectivity index (χ1) is 8.76. The van der Waals surface area contributed by atoms with E-state index in [9.17, 15) is 0 Å². The number of nitrogens with one attached hydrogen (secondary N) is 1. The maximum atomic E-state index is 6.15. The number of nitrogens with zero attached hydrogens (tertiary/aromatic N) is 1. The Labute approximate surface area is 119 Å². The van der Waals surface area contributed by atoms with Gasteiger partial charge in [-0.3, -0.25) is 4.90 Å². The standard InChI is InChI=1S/C16H32N2O/c1-15(2,3)14-12-18(10-6-9-17-14)11-13-7-8-16(4,5)19-13/h13-14,17H,6-12H2,1-5H3. The van der Waals surface area contributed by atoms with Crippen molar-refractivity contribution in [3.8, 4) is 0 Å². The second-order valence-electron chi connectivity index (χ2n) is 8.02. The van der Waals surface area contributed by atoms with Crippen molar-refractivity contribution in [3.05, 3.63) is 0 Å². The Morgan fingerprint density at radius 1 is 1.32 bits per heavy atom. The molecule has 2 aliphatic rings. The second-order valence-corrected chi connectivity index (χ2v) is 8.02. The summed E-state index contributed by atoms with van der Waals surface area (Å²) < 4.78 is 6.15. The van der Waals surface area contributed by atoms with Crippen LogP contribution >= 0.6 is 0 Å². The van der Waals surface area contributed by atoms with Crippen LogP contribution in [0, 0.1) is 5.41 Å². The Kier molecular flexibility index (Phi) is 4.59. The summed E-state index contributed by atoms with van der Waals surface area (Å²) in [7, 11) is 0. The molecule has 2 unspecified atom stereocenters.